The summed E-state index contributed by atoms with van der Waals surface area (Å²) in [6.07, 6.45) is 3.40. The molecular weight excluding hydrogens is 270 g/mol. The van der Waals surface area contributed by atoms with E-state index >= 15 is 0 Å². The van der Waals surface area contributed by atoms with Gasteiger partial charge in [-0.15, -0.1) is 0 Å². The molecule has 1 saturated carbocycles. The Kier molecular flexibility index (Phi) is 3.92. The minimum absolute atomic E-state index is 0.167. The number of ether oxygens (including phenoxy) is 1. The first-order chi connectivity index (χ1) is 9.71. The van der Waals surface area contributed by atoms with Crippen molar-refractivity contribution in [2.45, 2.75) is 25.9 Å². The summed E-state index contributed by atoms with van der Waals surface area (Å²) in [4.78, 5) is 14.0. The van der Waals surface area contributed by atoms with Crippen molar-refractivity contribution in [1.82, 2.24) is 4.90 Å². The van der Waals surface area contributed by atoms with Gasteiger partial charge in [-0.05, 0) is 41.9 Å². The molecule has 0 N–H and O–H groups in total. The standard InChI is InChI=1S/C16H21NO2S/c18-15(19-10-13-4-2-1-3-5-13)17-7-6-16(12-17)8-14(9-16)11-20/h1-5,14,20H,6-12H2. The van der Waals surface area contributed by atoms with Crippen molar-refractivity contribution in [3.63, 3.8) is 0 Å². The van der Waals surface area contributed by atoms with E-state index in [1.807, 2.05) is 35.2 Å². The number of thiol groups is 1. The van der Waals surface area contributed by atoms with Gasteiger partial charge < -0.3 is 9.64 Å². The molecule has 20 heavy (non-hydrogen) atoms. The van der Waals surface area contributed by atoms with Crippen LogP contribution in [0.15, 0.2) is 30.3 Å². The van der Waals surface area contributed by atoms with Gasteiger partial charge in [0, 0.05) is 13.1 Å². The van der Waals surface area contributed by atoms with E-state index in [2.05, 4.69) is 12.6 Å². The first kappa shape index (κ1) is 13.8. The zero-order chi connectivity index (χ0) is 14.0. The van der Waals surface area contributed by atoms with Crippen LogP contribution in [0.1, 0.15) is 24.8 Å². The van der Waals surface area contributed by atoms with E-state index < -0.39 is 0 Å². The molecule has 2 fully saturated rings. The lowest BCUT2D eigenvalue weighted by atomic mass is 9.62. The Morgan fingerprint density at radius 2 is 2.10 bits per heavy atom. The van der Waals surface area contributed by atoms with Gasteiger partial charge in [0.25, 0.3) is 0 Å². The molecule has 0 atom stereocenters. The fourth-order valence-electron chi connectivity index (χ4n) is 3.53. The van der Waals surface area contributed by atoms with E-state index in [0.717, 1.165) is 36.7 Å². The average molecular weight is 291 g/mol. The van der Waals surface area contributed by atoms with Gasteiger partial charge in [0.15, 0.2) is 0 Å². The maximum atomic E-state index is 12.1. The first-order valence-electron chi connectivity index (χ1n) is 7.27. The van der Waals surface area contributed by atoms with Crippen LogP contribution in [0.25, 0.3) is 0 Å². The molecule has 1 aromatic carbocycles. The van der Waals surface area contributed by atoms with Crippen molar-refractivity contribution in [3.8, 4) is 0 Å². The number of likely N-dealkylation sites (tertiary alicyclic amines) is 1. The summed E-state index contributed by atoms with van der Waals surface area (Å²) in [5.41, 5.74) is 1.41. The Labute approximate surface area is 125 Å². The third-order valence-electron chi connectivity index (χ3n) is 4.60. The molecule has 4 heteroatoms. The average Bonchev–Trinajstić information content (AvgIpc) is 2.89. The minimum atomic E-state index is -0.167. The van der Waals surface area contributed by atoms with Gasteiger partial charge in [-0.25, -0.2) is 4.79 Å². The van der Waals surface area contributed by atoms with Gasteiger partial charge >= 0.3 is 6.09 Å². The lowest BCUT2D eigenvalue weighted by Crippen LogP contribution is -2.41. The zero-order valence-electron chi connectivity index (χ0n) is 11.6. The van der Waals surface area contributed by atoms with Gasteiger partial charge in [-0.2, -0.15) is 12.6 Å². The van der Waals surface area contributed by atoms with Crippen molar-refractivity contribution in [1.29, 1.82) is 0 Å². The molecule has 1 saturated heterocycles. The quantitative estimate of drug-likeness (QED) is 0.865. The van der Waals surface area contributed by atoms with Crippen molar-refractivity contribution >= 4 is 18.7 Å². The molecule has 3 rings (SSSR count). The van der Waals surface area contributed by atoms with E-state index in [9.17, 15) is 4.79 Å². The maximum Gasteiger partial charge on any atom is 0.410 e. The lowest BCUT2D eigenvalue weighted by Gasteiger charge is -2.44. The highest BCUT2D eigenvalue weighted by Crippen LogP contribution is 2.52. The largest absolute Gasteiger partial charge is 0.445 e. The van der Waals surface area contributed by atoms with Crippen LogP contribution in [-0.2, 0) is 11.3 Å². The molecule has 0 unspecified atom stereocenters. The SMILES string of the molecule is O=C(OCc1ccccc1)N1CCC2(CC(CS)C2)C1. The summed E-state index contributed by atoms with van der Waals surface area (Å²) in [5, 5.41) is 0. The van der Waals surface area contributed by atoms with Gasteiger partial charge in [0.05, 0.1) is 0 Å². The molecule has 0 aromatic heterocycles. The maximum absolute atomic E-state index is 12.1. The van der Waals surface area contributed by atoms with E-state index in [4.69, 9.17) is 4.74 Å². The van der Waals surface area contributed by atoms with Crippen molar-refractivity contribution in [2.24, 2.45) is 11.3 Å². The number of rotatable bonds is 3. The Morgan fingerprint density at radius 3 is 2.80 bits per heavy atom. The smallest absolute Gasteiger partial charge is 0.410 e. The van der Waals surface area contributed by atoms with Crippen molar-refractivity contribution < 1.29 is 9.53 Å². The fourth-order valence-corrected chi connectivity index (χ4v) is 3.79. The van der Waals surface area contributed by atoms with Gasteiger partial charge in [0.1, 0.15) is 6.61 Å². The molecule has 1 aliphatic carbocycles. The number of hydrogen-bond acceptors (Lipinski definition) is 3. The summed E-state index contributed by atoms with van der Waals surface area (Å²) in [5.74, 6) is 1.72. The Hall–Kier alpha value is -1.16. The second kappa shape index (κ2) is 5.68. The van der Waals surface area contributed by atoms with Crippen LogP contribution in [0.3, 0.4) is 0 Å². The number of hydrogen-bond donors (Lipinski definition) is 1. The Morgan fingerprint density at radius 1 is 1.35 bits per heavy atom. The summed E-state index contributed by atoms with van der Waals surface area (Å²) in [7, 11) is 0. The molecule has 1 aliphatic heterocycles. The number of carbonyl (C=O) groups excluding carboxylic acids is 1. The van der Waals surface area contributed by atoms with Crippen LogP contribution in [-0.4, -0.2) is 29.8 Å². The van der Waals surface area contributed by atoms with Crippen molar-refractivity contribution in [2.75, 3.05) is 18.8 Å². The van der Waals surface area contributed by atoms with E-state index in [1.165, 1.54) is 12.8 Å². The number of nitrogens with zero attached hydrogens (tertiary/aromatic N) is 1. The third-order valence-corrected chi connectivity index (χ3v) is 5.12. The molecule has 3 nitrogen and oxygen atoms in total. The van der Waals surface area contributed by atoms with Crippen LogP contribution in [0, 0.1) is 11.3 Å². The molecule has 1 spiro atoms. The number of carbonyl (C=O) groups is 1. The zero-order valence-corrected chi connectivity index (χ0v) is 12.5. The van der Waals surface area contributed by atoms with Crippen LogP contribution >= 0.6 is 12.6 Å². The van der Waals surface area contributed by atoms with Crippen LogP contribution in [0.2, 0.25) is 0 Å². The van der Waals surface area contributed by atoms with Gasteiger partial charge in [-0.1, -0.05) is 30.3 Å². The highest BCUT2D eigenvalue weighted by atomic mass is 32.1. The van der Waals surface area contributed by atoms with Crippen LogP contribution in [0.4, 0.5) is 4.79 Å². The van der Waals surface area contributed by atoms with E-state index in [1.54, 1.807) is 0 Å². The second-order valence-electron chi connectivity index (χ2n) is 6.17. The predicted molar refractivity (Wildman–Crippen MR) is 81.8 cm³/mol. The minimum Gasteiger partial charge on any atom is -0.445 e. The van der Waals surface area contributed by atoms with Crippen molar-refractivity contribution in [3.05, 3.63) is 35.9 Å². The monoisotopic (exact) mass is 291 g/mol. The highest BCUT2D eigenvalue weighted by molar-refractivity contribution is 7.80. The molecule has 0 radical (unpaired) electrons. The first-order valence-corrected chi connectivity index (χ1v) is 7.90. The van der Waals surface area contributed by atoms with Crippen LogP contribution < -0.4 is 0 Å². The molecule has 108 valence electrons. The molecule has 1 heterocycles. The summed E-state index contributed by atoms with van der Waals surface area (Å²) in [6, 6.07) is 9.83. The molecule has 2 aliphatic rings. The predicted octanol–water partition coefficient (Wildman–Crippen LogP) is 3.36. The normalized spacial score (nSPS) is 28.4. The molecule has 0 bridgehead atoms. The molecule has 1 aromatic rings. The van der Waals surface area contributed by atoms with Crippen LogP contribution in [0.5, 0.6) is 0 Å². The third kappa shape index (κ3) is 2.80. The lowest BCUT2D eigenvalue weighted by molar-refractivity contribution is 0.0649. The molecular formula is C16H21NO2S. The topological polar surface area (TPSA) is 29.5 Å². The van der Waals surface area contributed by atoms with Gasteiger partial charge in [-0.3, -0.25) is 0 Å². The summed E-state index contributed by atoms with van der Waals surface area (Å²) in [6.45, 7) is 2.07. The Bertz CT molecular complexity index is 471. The van der Waals surface area contributed by atoms with E-state index in [0.29, 0.717) is 12.0 Å². The van der Waals surface area contributed by atoms with E-state index in [-0.39, 0.29) is 6.09 Å². The number of amides is 1. The summed E-state index contributed by atoms with van der Waals surface area (Å²) >= 11 is 4.35. The molecule has 1 amide bonds. The van der Waals surface area contributed by atoms with Gasteiger partial charge in [0.2, 0.25) is 0 Å². The number of benzene rings is 1. The summed E-state index contributed by atoms with van der Waals surface area (Å²) < 4.78 is 5.40. The highest BCUT2D eigenvalue weighted by Gasteiger charge is 2.49. The fraction of sp³-hybridized carbons (Fsp3) is 0.562. The Balaban J connectivity index is 1.47. The second-order valence-corrected chi connectivity index (χ2v) is 6.53.